The van der Waals surface area contributed by atoms with Crippen molar-refractivity contribution < 1.29 is 38.5 Å². The number of nitrogens with zero attached hydrogens (tertiary/aromatic N) is 2. The number of methoxy groups -OCH3 is 1. The fourth-order valence-corrected chi connectivity index (χ4v) is 3.25. The summed E-state index contributed by atoms with van der Waals surface area (Å²) in [6.45, 7) is 11.7. The predicted molar refractivity (Wildman–Crippen MR) is 125 cm³/mol. The van der Waals surface area contributed by atoms with Crippen molar-refractivity contribution >= 4 is 24.1 Å². The van der Waals surface area contributed by atoms with Gasteiger partial charge >= 0.3 is 24.1 Å². The van der Waals surface area contributed by atoms with Gasteiger partial charge in [0, 0.05) is 13.1 Å². The fourth-order valence-electron chi connectivity index (χ4n) is 3.25. The zero-order chi connectivity index (χ0) is 24.0. The number of hydrogen-bond acceptors (Lipinski definition) is 7. The number of carbonyl (C=O) groups is 4. The molecular formula is C23H44N2O8. The van der Waals surface area contributed by atoms with Gasteiger partial charge < -0.3 is 19.3 Å². The Bertz CT molecular complexity index is 666. The minimum Gasteiger partial charge on any atom is -0.480 e. The number of rotatable bonds is 2. The Balaban J connectivity index is 0. The SMILES string of the molecule is C.C.CC(C)(C)OC(=O)N1CCCC1C(=O)O.COC(=O)C1CCCN1C(=O)OC(C)(C)C. The molecule has 0 radical (unpaired) electrons. The average molecular weight is 477 g/mol. The fraction of sp³-hybridized carbons (Fsp3) is 0.826. The standard InChI is InChI=1S/C11H19NO4.C10H17NO4.2CH4/c1-11(2,3)16-10(14)12-7-5-6-8(12)9(13)15-4;1-10(2,3)15-9(14)11-6-4-5-7(11)8(12)13;;/h8H,5-7H2,1-4H3;7H,4-6H2,1-3H3,(H,12,13);2*1H4. The Morgan fingerprint density at radius 1 is 0.758 bits per heavy atom. The lowest BCUT2D eigenvalue weighted by Crippen LogP contribution is -2.43. The van der Waals surface area contributed by atoms with E-state index in [0.717, 1.165) is 12.8 Å². The first kappa shape index (κ1) is 32.7. The molecule has 2 unspecified atom stereocenters. The van der Waals surface area contributed by atoms with E-state index in [1.807, 2.05) is 0 Å². The van der Waals surface area contributed by atoms with E-state index in [0.29, 0.717) is 25.9 Å². The molecule has 2 rings (SSSR count). The molecule has 2 saturated heterocycles. The highest BCUT2D eigenvalue weighted by Gasteiger charge is 2.37. The van der Waals surface area contributed by atoms with Gasteiger partial charge in [-0.05, 0) is 67.2 Å². The molecule has 194 valence electrons. The summed E-state index contributed by atoms with van der Waals surface area (Å²) in [5.41, 5.74) is -1.12. The van der Waals surface area contributed by atoms with Crippen LogP contribution in [0.2, 0.25) is 0 Å². The number of carboxylic acid groups (broad SMARTS) is 1. The first-order valence-electron chi connectivity index (χ1n) is 10.5. The number of carbonyl (C=O) groups excluding carboxylic acids is 3. The maximum Gasteiger partial charge on any atom is 0.411 e. The second kappa shape index (κ2) is 13.3. The van der Waals surface area contributed by atoms with Crippen LogP contribution in [0, 0.1) is 0 Å². The summed E-state index contributed by atoms with van der Waals surface area (Å²) in [6.07, 6.45) is 1.70. The molecule has 0 aromatic heterocycles. The summed E-state index contributed by atoms with van der Waals surface area (Å²) in [6, 6.07) is -1.21. The van der Waals surface area contributed by atoms with Gasteiger partial charge in [0.25, 0.3) is 0 Å². The van der Waals surface area contributed by atoms with E-state index in [9.17, 15) is 19.2 Å². The molecule has 2 fully saturated rings. The molecule has 0 saturated carbocycles. The van der Waals surface area contributed by atoms with Gasteiger partial charge in [0.1, 0.15) is 23.3 Å². The highest BCUT2D eigenvalue weighted by molar-refractivity contribution is 5.82. The van der Waals surface area contributed by atoms with Crippen molar-refractivity contribution in [2.24, 2.45) is 0 Å². The zero-order valence-corrected chi connectivity index (χ0v) is 19.6. The maximum absolute atomic E-state index is 11.8. The van der Waals surface area contributed by atoms with Crippen molar-refractivity contribution in [3.8, 4) is 0 Å². The minimum atomic E-state index is -0.960. The first-order chi connectivity index (χ1) is 14.2. The monoisotopic (exact) mass is 476 g/mol. The summed E-state index contributed by atoms with van der Waals surface area (Å²) in [5, 5.41) is 8.88. The lowest BCUT2D eigenvalue weighted by atomic mass is 10.2. The quantitative estimate of drug-likeness (QED) is 0.462. The topological polar surface area (TPSA) is 123 Å². The van der Waals surface area contributed by atoms with Crippen LogP contribution in [-0.4, -0.2) is 82.5 Å². The molecular weight excluding hydrogens is 432 g/mol. The van der Waals surface area contributed by atoms with E-state index in [-0.39, 0.29) is 20.8 Å². The molecule has 2 aliphatic heterocycles. The smallest absolute Gasteiger partial charge is 0.411 e. The predicted octanol–water partition coefficient (Wildman–Crippen LogP) is 4.30. The van der Waals surface area contributed by atoms with Gasteiger partial charge in [-0.1, -0.05) is 14.9 Å². The highest BCUT2D eigenvalue weighted by atomic mass is 16.6. The molecule has 10 heteroatoms. The largest absolute Gasteiger partial charge is 0.480 e. The van der Waals surface area contributed by atoms with Crippen molar-refractivity contribution in [1.29, 1.82) is 0 Å². The van der Waals surface area contributed by atoms with Gasteiger partial charge in [-0.3, -0.25) is 9.80 Å². The van der Waals surface area contributed by atoms with Crippen molar-refractivity contribution in [3.63, 3.8) is 0 Å². The summed E-state index contributed by atoms with van der Waals surface area (Å²) in [5.74, 6) is -1.33. The van der Waals surface area contributed by atoms with Crippen molar-refractivity contribution in [3.05, 3.63) is 0 Å². The Morgan fingerprint density at radius 2 is 1.12 bits per heavy atom. The van der Waals surface area contributed by atoms with Crippen LogP contribution in [0.3, 0.4) is 0 Å². The molecule has 0 aromatic rings. The van der Waals surface area contributed by atoms with Crippen LogP contribution in [0.15, 0.2) is 0 Å². The molecule has 33 heavy (non-hydrogen) atoms. The summed E-state index contributed by atoms with van der Waals surface area (Å²) in [4.78, 5) is 48.4. The maximum atomic E-state index is 11.8. The molecule has 0 spiro atoms. The average Bonchev–Trinajstić information content (AvgIpc) is 3.28. The summed E-state index contributed by atoms with van der Waals surface area (Å²) >= 11 is 0. The van der Waals surface area contributed by atoms with Crippen LogP contribution in [0.5, 0.6) is 0 Å². The molecule has 2 atom stereocenters. The van der Waals surface area contributed by atoms with E-state index >= 15 is 0 Å². The van der Waals surface area contributed by atoms with Crippen LogP contribution in [0.1, 0.15) is 82.1 Å². The first-order valence-corrected chi connectivity index (χ1v) is 10.5. The van der Waals surface area contributed by atoms with E-state index in [4.69, 9.17) is 14.6 Å². The van der Waals surface area contributed by atoms with Crippen LogP contribution >= 0.6 is 0 Å². The van der Waals surface area contributed by atoms with Gasteiger partial charge in [0.05, 0.1) is 7.11 Å². The van der Waals surface area contributed by atoms with Gasteiger partial charge in [-0.2, -0.15) is 0 Å². The van der Waals surface area contributed by atoms with E-state index < -0.39 is 41.4 Å². The number of likely N-dealkylation sites (tertiary alicyclic amines) is 2. The van der Waals surface area contributed by atoms with E-state index in [1.54, 1.807) is 41.5 Å². The number of esters is 1. The number of ether oxygens (including phenoxy) is 3. The van der Waals surface area contributed by atoms with Gasteiger partial charge in [-0.15, -0.1) is 0 Å². The second-order valence-electron chi connectivity index (χ2n) is 9.52. The van der Waals surface area contributed by atoms with Gasteiger partial charge in [-0.25, -0.2) is 19.2 Å². The Labute approximate surface area is 198 Å². The molecule has 1 N–H and O–H groups in total. The van der Waals surface area contributed by atoms with Crippen molar-refractivity contribution in [2.45, 2.75) is 105 Å². The van der Waals surface area contributed by atoms with Crippen molar-refractivity contribution in [2.75, 3.05) is 20.2 Å². The number of amides is 2. The zero-order valence-electron chi connectivity index (χ0n) is 19.6. The van der Waals surface area contributed by atoms with Gasteiger partial charge in [0.15, 0.2) is 0 Å². The van der Waals surface area contributed by atoms with Crippen LogP contribution < -0.4 is 0 Å². The third-order valence-corrected chi connectivity index (χ3v) is 4.52. The number of hydrogen-bond donors (Lipinski definition) is 1. The van der Waals surface area contributed by atoms with E-state index in [2.05, 4.69) is 4.74 Å². The molecule has 0 aliphatic carbocycles. The lowest BCUT2D eigenvalue weighted by Gasteiger charge is -2.27. The van der Waals surface area contributed by atoms with Crippen LogP contribution in [0.4, 0.5) is 9.59 Å². The Hall–Kier alpha value is -2.52. The molecule has 0 bridgehead atoms. The van der Waals surface area contributed by atoms with Crippen LogP contribution in [0.25, 0.3) is 0 Å². The third-order valence-electron chi connectivity index (χ3n) is 4.52. The number of carboxylic acids is 1. The molecule has 10 nitrogen and oxygen atoms in total. The summed E-state index contributed by atoms with van der Waals surface area (Å²) in [7, 11) is 1.33. The van der Waals surface area contributed by atoms with Crippen molar-refractivity contribution in [1.82, 2.24) is 9.80 Å². The van der Waals surface area contributed by atoms with Gasteiger partial charge in [0.2, 0.25) is 0 Å². The molecule has 0 aromatic carbocycles. The third kappa shape index (κ3) is 10.8. The molecule has 2 amide bonds. The Kier molecular flexibility index (Phi) is 13.1. The lowest BCUT2D eigenvalue weighted by molar-refractivity contribution is -0.145. The Morgan fingerprint density at radius 3 is 1.45 bits per heavy atom. The minimum absolute atomic E-state index is 0. The molecule has 2 heterocycles. The van der Waals surface area contributed by atoms with Crippen LogP contribution in [-0.2, 0) is 23.8 Å². The number of aliphatic carboxylic acids is 1. The highest BCUT2D eigenvalue weighted by Crippen LogP contribution is 2.22. The van der Waals surface area contributed by atoms with E-state index in [1.165, 1.54) is 16.9 Å². The second-order valence-corrected chi connectivity index (χ2v) is 9.52. The normalized spacial score (nSPS) is 19.8. The summed E-state index contributed by atoms with van der Waals surface area (Å²) < 4.78 is 15.0. The molecule has 2 aliphatic rings.